The van der Waals surface area contributed by atoms with Gasteiger partial charge in [0.15, 0.2) is 0 Å². The molecule has 0 saturated carbocycles. The Bertz CT molecular complexity index is 2870. The summed E-state index contributed by atoms with van der Waals surface area (Å²) in [5.41, 5.74) is 17.1. The zero-order chi connectivity index (χ0) is 36.7. The van der Waals surface area contributed by atoms with Crippen molar-refractivity contribution in [3.05, 3.63) is 205 Å². The Balaban J connectivity index is 1.15. The second kappa shape index (κ2) is 12.1. The summed E-state index contributed by atoms with van der Waals surface area (Å²) in [6.45, 7) is 4.77. The number of anilines is 6. The third-order valence-corrected chi connectivity index (χ3v) is 11.9. The second-order valence-electron chi connectivity index (χ2n) is 15.3. The summed E-state index contributed by atoms with van der Waals surface area (Å²) in [5.74, 6) is 0. The Kier molecular flexibility index (Phi) is 6.93. The molecule has 55 heavy (non-hydrogen) atoms. The molecule has 0 unspecified atom stereocenters. The summed E-state index contributed by atoms with van der Waals surface area (Å²) in [4.78, 5) is 4.88. The standard InChI is InChI=1S/C53H38N2/c1-53(2)47-33-36-17-10-9-16-35(36)32-46(47)40-29-28-39(34-48(40)53)55-49-26-13-11-22-41(49)43-24-15-25-45-51(31-30-44(52(43)45)42-23-12-14-27-50(42)55)54(37-18-5-3-6-19-37)38-20-7-4-8-21-38/h3-34H,1-2H3. The second-order valence-corrected chi connectivity index (χ2v) is 15.3. The molecule has 11 rings (SSSR count). The maximum atomic E-state index is 2.50. The van der Waals surface area contributed by atoms with Gasteiger partial charge in [-0.15, -0.1) is 0 Å². The lowest BCUT2D eigenvalue weighted by Crippen LogP contribution is -2.17. The Morgan fingerprint density at radius 2 is 0.927 bits per heavy atom. The minimum absolute atomic E-state index is 0.148. The van der Waals surface area contributed by atoms with Crippen LogP contribution in [0.5, 0.6) is 0 Å². The number of benzene rings is 9. The van der Waals surface area contributed by atoms with Crippen LogP contribution in [0.15, 0.2) is 194 Å². The van der Waals surface area contributed by atoms with Crippen LogP contribution in [0.3, 0.4) is 0 Å². The van der Waals surface area contributed by atoms with Gasteiger partial charge in [0.25, 0.3) is 0 Å². The van der Waals surface area contributed by atoms with Gasteiger partial charge in [-0.2, -0.15) is 0 Å². The van der Waals surface area contributed by atoms with Gasteiger partial charge in [0.2, 0.25) is 0 Å². The van der Waals surface area contributed by atoms with Crippen LogP contribution in [0.1, 0.15) is 25.0 Å². The highest BCUT2D eigenvalue weighted by molar-refractivity contribution is 6.17. The molecule has 9 aromatic rings. The van der Waals surface area contributed by atoms with Crippen LogP contribution < -0.4 is 9.80 Å². The average Bonchev–Trinajstić information content (AvgIpc) is 3.45. The molecule has 0 bridgehead atoms. The minimum atomic E-state index is -0.148. The van der Waals surface area contributed by atoms with Crippen molar-refractivity contribution in [2.75, 3.05) is 9.80 Å². The first-order valence-electron chi connectivity index (χ1n) is 19.2. The van der Waals surface area contributed by atoms with Crippen molar-refractivity contribution >= 4 is 55.7 Å². The Morgan fingerprint density at radius 1 is 0.400 bits per heavy atom. The first-order valence-corrected chi connectivity index (χ1v) is 19.2. The van der Waals surface area contributed by atoms with Crippen molar-refractivity contribution in [3.8, 4) is 33.4 Å². The molecule has 0 saturated heterocycles. The van der Waals surface area contributed by atoms with E-state index in [9.17, 15) is 0 Å². The molecule has 0 fully saturated rings. The molecule has 0 spiro atoms. The summed E-state index contributed by atoms with van der Waals surface area (Å²) in [6, 6.07) is 71.5. The normalized spacial score (nSPS) is 13.4. The molecule has 0 aromatic heterocycles. The first-order chi connectivity index (χ1) is 27.1. The summed E-state index contributed by atoms with van der Waals surface area (Å²) >= 11 is 0. The van der Waals surface area contributed by atoms with E-state index < -0.39 is 0 Å². The van der Waals surface area contributed by atoms with E-state index in [1.807, 2.05) is 0 Å². The topological polar surface area (TPSA) is 6.48 Å². The fourth-order valence-electron chi connectivity index (χ4n) is 9.37. The van der Waals surface area contributed by atoms with Crippen molar-refractivity contribution in [3.63, 3.8) is 0 Å². The molecule has 0 amide bonds. The van der Waals surface area contributed by atoms with Gasteiger partial charge in [-0.05, 0) is 116 Å². The largest absolute Gasteiger partial charge is 0.310 e. The molecular weight excluding hydrogens is 665 g/mol. The van der Waals surface area contributed by atoms with E-state index in [0.29, 0.717) is 0 Å². The van der Waals surface area contributed by atoms with Gasteiger partial charge in [-0.1, -0.05) is 141 Å². The van der Waals surface area contributed by atoms with Gasteiger partial charge in [0, 0.05) is 39.0 Å². The molecule has 0 N–H and O–H groups in total. The van der Waals surface area contributed by atoms with E-state index >= 15 is 0 Å². The molecule has 9 aromatic carbocycles. The summed E-state index contributed by atoms with van der Waals surface area (Å²) < 4.78 is 0. The lowest BCUT2D eigenvalue weighted by molar-refractivity contribution is 0.661. The predicted molar refractivity (Wildman–Crippen MR) is 233 cm³/mol. The quantitative estimate of drug-likeness (QED) is 0.180. The first kappa shape index (κ1) is 31.6. The van der Waals surface area contributed by atoms with Gasteiger partial charge < -0.3 is 9.80 Å². The number of para-hydroxylation sites is 4. The molecule has 2 nitrogen and oxygen atoms in total. The van der Waals surface area contributed by atoms with E-state index in [0.717, 1.165) is 22.7 Å². The maximum Gasteiger partial charge on any atom is 0.0540 e. The van der Waals surface area contributed by atoms with Crippen LogP contribution in [-0.2, 0) is 5.41 Å². The number of rotatable bonds is 4. The summed E-state index contributed by atoms with van der Waals surface area (Å²) in [6.07, 6.45) is 0. The minimum Gasteiger partial charge on any atom is -0.310 e. The van der Waals surface area contributed by atoms with Crippen LogP contribution in [0.25, 0.3) is 54.9 Å². The average molecular weight is 703 g/mol. The monoisotopic (exact) mass is 702 g/mol. The lowest BCUT2D eigenvalue weighted by atomic mass is 9.81. The maximum absolute atomic E-state index is 2.50. The SMILES string of the molecule is CC1(C)c2cc(N3c4ccccc4-c4cccc5c(N(c6ccccc6)c6ccccc6)ccc(c45)-c4ccccc43)ccc2-c2cc3ccccc3cc21. The zero-order valence-corrected chi connectivity index (χ0v) is 30.9. The number of hydrogen-bond acceptors (Lipinski definition) is 2. The van der Waals surface area contributed by atoms with Crippen molar-refractivity contribution in [2.24, 2.45) is 0 Å². The third-order valence-electron chi connectivity index (χ3n) is 11.9. The van der Waals surface area contributed by atoms with Crippen molar-refractivity contribution in [1.29, 1.82) is 0 Å². The molecule has 1 aliphatic carbocycles. The highest BCUT2D eigenvalue weighted by Crippen LogP contribution is 2.55. The highest BCUT2D eigenvalue weighted by atomic mass is 15.2. The van der Waals surface area contributed by atoms with Crippen molar-refractivity contribution in [1.82, 2.24) is 0 Å². The molecular formula is C53H38N2. The van der Waals surface area contributed by atoms with E-state index in [1.165, 1.54) is 77.4 Å². The fraction of sp³-hybridized carbons (Fsp3) is 0.0566. The Morgan fingerprint density at radius 3 is 1.60 bits per heavy atom. The van der Waals surface area contributed by atoms with Gasteiger partial charge in [-0.25, -0.2) is 0 Å². The highest BCUT2D eigenvalue weighted by Gasteiger charge is 2.37. The van der Waals surface area contributed by atoms with E-state index in [4.69, 9.17) is 0 Å². The van der Waals surface area contributed by atoms with Crippen molar-refractivity contribution in [2.45, 2.75) is 19.3 Å². The Hall–Kier alpha value is -6.90. The zero-order valence-electron chi connectivity index (χ0n) is 30.9. The fourth-order valence-corrected chi connectivity index (χ4v) is 9.37. The lowest BCUT2D eigenvalue weighted by Gasteiger charge is -2.34. The Labute approximate surface area is 322 Å². The van der Waals surface area contributed by atoms with Gasteiger partial charge in [0.05, 0.1) is 17.1 Å². The number of fused-ring (bicyclic) bond motifs is 8. The molecule has 0 radical (unpaired) electrons. The van der Waals surface area contributed by atoms with Crippen LogP contribution in [-0.4, -0.2) is 0 Å². The molecule has 2 aliphatic rings. The van der Waals surface area contributed by atoms with Crippen LogP contribution in [0.2, 0.25) is 0 Å². The summed E-state index contributed by atoms with van der Waals surface area (Å²) in [7, 11) is 0. The molecule has 1 heterocycles. The molecule has 260 valence electrons. The van der Waals surface area contributed by atoms with Crippen molar-refractivity contribution < 1.29 is 0 Å². The molecule has 1 aliphatic heterocycles. The van der Waals surface area contributed by atoms with E-state index in [1.54, 1.807) is 0 Å². The predicted octanol–water partition coefficient (Wildman–Crippen LogP) is 14.9. The van der Waals surface area contributed by atoms with Crippen LogP contribution in [0.4, 0.5) is 34.1 Å². The molecule has 2 heteroatoms. The summed E-state index contributed by atoms with van der Waals surface area (Å²) in [5, 5.41) is 5.05. The van der Waals surface area contributed by atoms with Gasteiger partial charge in [0.1, 0.15) is 0 Å². The molecule has 0 atom stereocenters. The van der Waals surface area contributed by atoms with Crippen LogP contribution >= 0.6 is 0 Å². The third kappa shape index (κ3) is 4.74. The van der Waals surface area contributed by atoms with Gasteiger partial charge >= 0.3 is 0 Å². The smallest absolute Gasteiger partial charge is 0.0540 e. The van der Waals surface area contributed by atoms with Crippen LogP contribution in [0, 0.1) is 0 Å². The number of hydrogen-bond donors (Lipinski definition) is 0. The number of nitrogens with zero attached hydrogens (tertiary/aromatic N) is 2. The van der Waals surface area contributed by atoms with E-state index in [2.05, 4.69) is 218 Å². The van der Waals surface area contributed by atoms with Gasteiger partial charge in [-0.3, -0.25) is 0 Å². The van der Waals surface area contributed by atoms with E-state index in [-0.39, 0.29) is 5.41 Å².